The summed E-state index contributed by atoms with van der Waals surface area (Å²) in [7, 11) is 1.47. The molecule has 0 bridgehead atoms. The average Bonchev–Trinajstić information content (AvgIpc) is 3.09. The number of hydrogen-bond acceptors (Lipinski definition) is 4. The molecule has 154 valence electrons. The minimum Gasteiger partial charge on any atom is -0.370 e. The van der Waals surface area contributed by atoms with Crippen LogP contribution in [0.5, 0.6) is 0 Å². The molecule has 0 radical (unpaired) electrons. The van der Waals surface area contributed by atoms with Crippen molar-refractivity contribution in [1.82, 2.24) is 9.38 Å². The van der Waals surface area contributed by atoms with Gasteiger partial charge < -0.3 is 9.30 Å². The molecule has 0 atom stereocenters. The number of fused-ring (bicyclic) bond motifs is 1. The van der Waals surface area contributed by atoms with Gasteiger partial charge in [0.15, 0.2) is 5.65 Å². The number of aromatic nitrogens is 2. The second-order valence-electron chi connectivity index (χ2n) is 7.48. The molecule has 3 aromatic rings. The van der Waals surface area contributed by atoms with Crippen LogP contribution in [0.3, 0.4) is 0 Å². The van der Waals surface area contributed by atoms with Crippen LogP contribution in [-0.2, 0) is 6.42 Å². The van der Waals surface area contributed by atoms with E-state index >= 15 is 0 Å². The Bertz CT molecular complexity index is 977. The summed E-state index contributed by atoms with van der Waals surface area (Å²) >= 11 is 0. The molecule has 0 saturated carbocycles. The molecule has 1 aliphatic heterocycles. The van der Waals surface area contributed by atoms with Crippen molar-refractivity contribution in [1.29, 1.82) is 0 Å². The van der Waals surface area contributed by atoms with Gasteiger partial charge in [-0.1, -0.05) is 30.3 Å². The number of nitrogens with zero attached hydrogens (tertiary/aromatic N) is 4. The molecule has 3 heterocycles. The molecule has 5 nitrogen and oxygen atoms in total. The Morgan fingerprint density at radius 2 is 1.83 bits per heavy atom. The van der Waals surface area contributed by atoms with Crippen molar-refractivity contribution >= 4 is 17.0 Å². The van der Waals surface area contributed by atoms with Gasteiger partial charge in [-0.05, 0) is 30.4 Å². The summed E-state index contributed by atoms with van der Waals surface area (Å²) in [6.07, 6.45) is -0.616. The van der Waals surface area contributed by atoms with Crippen LogP contribution in [0, 0.1) is 0 Å². The van der Waals surface area contributed by atoms with Gasteiger partial charge in [0.2, 0.25) is 0 Å². The fraction of sp³-hybridized carbons (Fsp3) is 0.381. The van der Waals surface area contributed by atoms with Gasteiger partial charge in [-0.25, -0.2) is 4.98 Å². The Kier molecular flexibility index (Phi) is 5.12. The van der Waals surface area contributed by atoms with Crippen LogP contribution in [0.1, 0.15) is 30.0 Å². The first-order valence-corrected chi connectivity index (χ1v) is 9.61. The van der Waals surface area contributed by atoms with Crippen LogP contribution in [0.4, 0.5) is 24.5 Å². The summed E-state index contributed by atoms with van der Waals surface area (Å²) in [6, 6.07) is 12.2. The van der Waals surface area contributed by atoms with E-state index in [-0.39, 0.29) is 5.69 Å². The topological polar surface area (TPSA) is 44.0 Å². The summed E-state index contributed by atoms with van der Waals surface area (Å²) in [6.45, 7) is 1.60. The molecule has 0 spiro atoms. The van der Waals surface area contributed by atoms with Gasteiger partial charge in [0.1, 0.15) is 5.69 Å². The average molecular weight is 404 g/mol. The van der Waals surface area contributed by atoms with E-state index in [9.17, 15) is 18.4 Å². The Morgan fingerprint density at radius 3 is 2.45 bits per heavy atom. The smallest absolute Gasteiger partial charge is 0.370 e. The van der Waals surface area contributed by atoms with Crippen LogP contribution in [0.2, 0.25) is 0 Å². The number of imidazole rings is 1. The van der Waals surface area contributed by atoms with Gasteiger partial charge >= 0.3 is 6.18 Å². The predicted octanol–water partition coefficient (Wildman–Crippen LogP) is 4.65. The number of pyridine rings is 1. The van der Waals surface area contributed by atoms with Crippen molar-refractivity contribution in [2.24, 2.45) is 0 Å². The molecule has 29 heavy (non-hydrogen) atoms. The van der Waals surface area contributed by atoms with Gasteiger partial charge in [-0.15, -0.1) is 0 Å². The summed E-state index contributed by atoms with van der Waals surface area (Å²) in [5.41, 5.74) is 2.88. The zero-order valence-electron chi connectivity index (χ0n) is 16.1. The second-order valence-corrected chi connectivity index (χ2v) is 7.48. The molecule has 1 saturated heterocycles. The number of piperidine rings is 1. The lowest BCUT2D eigenvalue weighted by Gasteiger charge is -2.35. The maximum Gasteiger partial charge on any atom is 0.394 e. The fourth-order valence-electron chi connectivity index (χ4n) is 4.16. The normalized spacial score (nSPS) is 15.8. The molecule has 1 N–H and O–H groups in total. The molecule has 8 heteroatoms. The zero-order chi connectivity index (χ0) is 20.6. The van der Waals surface area contributed by atoms with Gasteiger partial charge in [-0.3, -0.25) is 10.3 Å². The van der Waals surface area contributed by atoms with Crippen LogP contribution < -0.4 is 9.96 Å². The van der Waals surface area contributed by atoms with E-state index in [0.29, 0.717) is 17.3 Å². The number of benzene rings is 1. The van der Waals surface area contributed by atoms with Crippen molar-refractivity contribution in [3.8, 4) is 0 Å². The third-order valence-corrected chi connectivity index (χ3v) is 5.52. The van der Waals surface area contributed by atoms with E-state index in [2.05, 4.69) is 22.0 Å². The molecular weight excluding hydrogens is 381 g/mol. The monoisotopic (exact) mass is 404 g/mol. The Hall–Kier alpha value is -2.74. The van der Waals surface area contributed by atoms with Crippen molar-refractivity contribution in [2.75, 3.05) is 30.1 Å². The van der Waals surface area contributed by atoms with Crippen LogP contribution in [-0.4, -0.2) is 40.9 Å². The molecule has 0 unspecified atom stereocenters. The Morgan fingerprint density at radius 1 is 1.14 bits per heavy atom. The van der Waals surface area contributed by atoms with E-state index in [1.807, 2.05) is 18.2 Å². The van der Waals surface area contributed by atoms with E-state index in [0.717, 1.165) is 36.7 Å². The van der Waals surface area contributed by atoms with Crippen molar-refractivity contribution in [3.63, 3.8) is 0 Å². The molecule has 1 aliphatic rings. The molecule has 0 amide bonds. The van der Waals surface area contributed by atoms with E-state index in [1.165, 1.54) is 23.2 Å². The third kappa shape index (κ3) is 4.03. The number of hydroxylamine groups is 1. The van der Waals surface area contributed by atoms with E-state index in [4.69, 9.17) is 0 Å². The zero-order valence-corrected chi connectivity index (χ0v) is 16.1. The minimum atomic E-state index is -4.32. The number of anilines is 2. The maximum absolute atomic E-state index is 12.8. The number of halogens is 3. The molecule has 0 aliphatic carbocycles. The standard InChI is InChI=1S/C21H23F3N4O/c1-26(29)19-18(9-12-28-17(13-21(22,23)24)14-25-20(19)28)27-10-7-16(8-11-27)15-5-3-2-4-6-15/h2-6,9,12,14,16,29H,7-8,10-11,13H2,1H3. The SMILES string of the molecule is CN(O)c1c(N2CCC(c3ccccc3)CC2)ccn2c(CC(F)(F)F)cnc12. The van der Waals surface area contributed by atoms with Crippen LogP contribution in [0.15, 0.2) is 48.8 Å². The van der Waals surface area contributed by atoms with Gasteiger partial charge in [0.05, 0.1) is 17.8 Å². The largest absolute Gasteiger partial charge is 0.394 e. The number of rotatable bonds is 4. The molecule has 4 rings (SSSR count). The highest BCUT2D eigenvalue weighted by Gasteiger charge is 2.30. The van der Waals surface area contributed by atoms with E-state index in [1.54, 1.807) is 12.3 Å². The van der Waals surface area contributed by atoms with Gasteiger partial charge in [0.25, 0.3) is 0 Å². The Balaban J connectivity index is 1.62. The molecule has 2 aromatic heterocycles. The summed E-state index contributed by atoms with van der Waals surface area (Å²) in [5, 5.41) is 11.2. The lowest BCUT2D eigenvalue weighted by molar-refractivity contribution is -0.127. The molecular formula is C21H23F3N4O. The maximum atomic E-state index is 12.8. The first-order chi connectivity index (χ1) is 13.8. The first kappa shape index (κ1) is 19.6. The lowest BCUT2D eigenvalue weighted by atomic mass is 9.89. The van der Waals surface area contributed by atoms with Gasteiger partial charge in [-0.2, -0.15) is 13.2 Å². The summed E-state index contributed by atoms with van der Waals surface area (Å²) in [5.74, 6) is 0.483. The second kappa shape index (κ2) is 7.59. The minimum absolute atomic E-state index is 0.0462. The van der Waals surface area contributed by atoms with E-state index < -0.39 is 12.6 Å². The summed E-state index contributed by atoms with van der Waals surface area (Å²) < 4.78 is 39.9. The van der Waals surface area contributed by atoms with Crippen molar-refractivity contribution in [2.45, 2.75) is 31.4 Å². The fourth-order valence-corrected chi connectivity index (χ4v) is 4.16. The number of hydrogen-bond donors (Lipinski definition) is 1. The molecule has 1 aromatic carbocycles. The van der Waals surface area contributed by atoms with Crippen LogP contribution in [0.25, 0.3) is 5.65 Å². The third-order valence-electron chi connectivity index (χ3n) is 5.52. The highest BCUT2D eigenvalue weighted by Crippen LogP contribution is 2.37. The molecule has 1 fully saturated rings. The Labute approximate surface area is 167 Å². The lowest BCUT2D eigenvalue weighted by Crippen LogP contribution is -2.34. The van der Waals surface area contributed by atoms with Gasteiger partial charge in [0, 0.05) is 32.5 Å². The highest BCUT2D eigenvalue weighted by atomic mass is 19.4. The van der Waals surface area contributed by atoms with Crippen LogP contribution >= 0.6 is 0 Å². The number of alkyl halides is 3. The highest BCUT2D eigenvalue weighted by molar-refractivity contribution is 5.83. The predicted molar refractivity (Wildman–Crippen MR) is 106 cm³/mol. The summed E-state index contributed by atoms with van der Waals surface area (Å²) in [4.78, 5) is 6.34. The quantitative estimate of drug-likeness (QED) is 0.643. The van der Waals surface area contributed by atoms with Crippen molar-refractivity contribution < 1.29 is 18.4 Å². The van der Waals surface area contributed by atoms with Crippen molar-refractivity contribution in [3.05, 3.63) is 60.0 Å². The first-order valence-electron chi connectivity index (χ1n) is 9.61.